The van der Waals surface area contributed by atoms with Crippen molar-refractivity contribution < 1.29 is 18.0 Å². The summed E-state index contributed by atoms with van der Waals surface area (Å²) in [4.78, 5) is 30.1. The fourth-order valence-electron chi connectivity index (χ4n) is 3.69. The molecule has 0 radical (unpaired) electrons. The molecular formula is C18H15F2N5O3. The van der Waals surface area contributed by atoms with Crippen molar-refractivity contribution in [2.24, 2.45) is 11.8 Å². The Labute approximate surface area is 156 Å². The van der Waals surface area contributed by atoms with Gasteiger partial charge in [-0.3, -0.25) is 9.59 Å². The Morgan fingerprint density at radius 2 is 2.04 bits per heavy atom. The van der Waals surface area contributed by atoms with Crippen molar-refractivity contribution >= 4 is 28.5 Å². The molecule has 8 nitrogen and oxygen atoms in total. The second-order valence-electron chi connectivity index (χ2n) is 7.06. The van der Waals surface area contributed by atoms with E-state index in [4.69, 9.17) is 4.42 Å². The van der Waals surface area contributed by atoms with Crippen molar-refractivity contribution in [3.8, 4) is 0 Å². The molecule has 3 aromatic rings. The van der Waals surface area contributed by atoms with E-state index in [2.05, 4.69) is 15.4 Å². The number of piperidine rings is 1. The Hall–Kier alpha value is -3.30. The summed E-state index contributed by atoms with van der Waals surface area (Å²) in [6.07, 6.45) is 1.31. The van der Waals surface area contributed by atoms with Gasteiger partial charge >= 0.3 is 0 Å². The molecule has 1 saturated heterocycles. The van der Waals surface area contributed by atoms with Crippen LogP contribution in [0.2, 0.25) is 0 Å². The Morgan fingerprint density at radius 3 is 2.82 bits per heavy atom. The van der Waals surface area contributed by atoms with Gasteiger partial charge in [-0.2, -0.15) is 5.10 Å². The molecule has 2 aliphatic rings. The van der Waals surface area contributed by atoms with Crippen LogP contribution in [0.25, 0.3) is 11.1 Å². The molecule has 1 aliphatic carbocycles. The highest BCUT2D eigenvalue weighted by molar-refractivity contribution is 5.92. The number of alkyl halides is 2. The lowest BCUT2D eigenvalue weighted by Gasteiger charge is -2.21. The highest BCUT2D eigenvalue weighted by atomic mass is 19.3. The van der Waals surface area contributed by atoms with Crippen LogP contribution in [0.3, 0.4) is 0 Å². The smallest absolute Gasteiger partial charge is 0.267 e. The molecule has 5 rings (SSSR count). The maximum Gasteiger partial charge on any atom is 0.267 e. The normalized spacial score (nSPS) is 22.3. The van der Waals surface area contributed by atoms with Crippen LogP contribution >= 0.6 is 0 Å². The molecule has 1 aliphatic heterocycles. The van der Waals surface area contributed by atoms with Gasteiger partial charge in [0, 0.05) is 24.8 Å². The first-order valence-corrected chi connectivity index (χ1v) is 8.76. The predicted octanol–water partition coefficient (Wildman–Crippen LogP) is 1.72. The van der Waals surface area contributed by atoms with Gasteiger partial charge in [0.2, 0.25) is 5.91 Å². The van der Waals surface area contributed by atoms with Crippen molar-refractivity contribution in [2.45, 2.75) is 12.5 Å². The van der Waals surface area contributed by atoms with E-state index < -0.39 is 29.2 Å². The topological polar surface area (TPSA) is 93.3 Å². The molecule has 144 valence electrons. The summed E-state index contributed by atoms with van der Waals surface area (Å²) >= 11 is 0. The molecule has 0 spiro atoms. The third-order valence-corrected chi connectivity index (χ3v) is 5.28. The second-order valence-corrected chi connectivity index (χ2v) is 7.06. The van der Waals surface area contributed by atoms with E-state index in [9.17, 15) is 18.4 Å². The van der Waals surface area contributed by atoms with Gasteiger partial charge < -0.3 is 14.6 Å². The van der Waals surface area contributed by atoms with Crippen LogP contribution < -0.4 is 15.8 Å². The van der Waals surface area contributed by atoms with Crippen molar-refractivity contribution in [3.05, 3.63) is 47.1 Å². The molecular weight excluding hydrogens is 372 g/mol. The van der Waals surface area contributed by atoms with Crippen molar-refractivity contribution in [1.29, 1.82) is 0 Å². The quantitative estimate of drug-likeness (QED) is 0.733. The highest BCUT2D eigenvalue weighted by Crippen LogP contribution is 2.59. The van der Waals surface area contributed by atoms with Gasteiger partial charge in [0.25, 0.3) is 11.5 Å². The lowest BCUT2D eigenvalue weighted by molar-refractivity contribution is -0.117. The maximum absolute atomic E-state index is 13.4. The largest absolute Gasteiger partial charge is 0.443 e. The SMILES string of the molecule is O=C(Cn1nc(N2CC3C(C2)C3(F)F)ccc1=O)Nc1ccc2ocnc2c1. The summed E-state index contributed by atoms with van der Waals surface area (Å²) in [5.74, 6) is -3.91. The van der Waals surface area contributed by atoms with Crippen LogP contribution in [0.1, 0.15) is 0 Å². The number of hydrogen-bond acceptors (Lipinski definition) is 6. The van der Waals surface area contributed by atoms with Gasteiger partial charge in [0.1, 0.15) is 17.9 Å². The van der Waals surface area contributed by atoms with Gasteiger partial charge in [-0.1, -0.05) is 0 Å². The van der Waals surface area contributed by atoms with Crippen LogP contribution in [-0.2, 0) is 11.3 Å². The molecule has 1 aromatic carbocycles. The summed E-state index contributed by atoms with van der Waals surface area (Å²) in [5, 5.41) is 6.86. The molecule has 3 heterocycles. The lowest BCUT2D eigenvalue weighted by Crippen LogP contribution is -2.33. The summed E-state index contributed by atoms with van der Waals surface area (Å²) in [6.45, 7) is 0.111. The molecule has 10 heteroatoms. The number of carbonyl (C=O) groups is 1. The van der Waals surface area contributed by atoms with Gasteiger partial charge in [0.15, 0.2) is 12.0 Å². The average molecular weight is 387 g/mol. The van der Waals surface area contributed by atoms with Crippen LogP contribution in [0.15, 0.2) is 45.9 Å². The monoisotopic (exact) mass is 387 g/mol. The molecule has 28 heavy (non-hydrogen) atoms. The van der Waals surface area contributed by atoms with Crippen LogP contribution in [0.5, 0.6) is 0 Å². The Balaban J connectivity index is 1.29. The molecule has 2 unspecified atom stereocenters. The number of hydrogen-bond donors (Lipinski definition) is 1. The van der Waals surface area contributed by atoms with E-state index in [1.807, 2.05) is 0 Å². The zero-order valence-corrected chi connectivity index (χ0v) is 14.5. The van der Waals surface area contributed by atoms with E-state index in [-0.39, 0.29) is 19.6 Å². The Bertz CT molecular complexity index is 1130. The second kappa shape index (κ2) is 5.85. The number of oxazole rings is 1. The molecule has 2 aromatic heterocycles. The number of nitrogens with one attached hydrogen (secondary N) is 1. The number of anilines is 2. The first-order chi connectivity index (χ1) is 13.4. The number of fused-ring (bicyclic) bond motifs is 2. The average Bonchev–Trinajstić information content (AvgIpc) is 3.11. The third-order valence-electron chi connectivity index (χ3n) is 5.28. The van der Waals surface area contributed by atoms with E-state index in [0.29, 0.717) is 22.6 Å². The van der Waals surface area contributed by atoms with Crippen LogP contribution in [0, 0.1) is 11.8 Å². The number of aromatic nitrogens is 3. The molecule has 1 N–H and O–H groups in total. The number of halogens is 2. The minimum absolute atomic E-state index is 0.201. The van der Waals surface area contributed by atoms with Gasteiger partial charge in [-0.05, 0) is 24.3 Å². The number of rotatable bonds is 4. The summed E-state index contributed by atoms with van der Waals surface area (Å²) < 4.78 is 32.9. The van der Waals surface area contributed by atoms with Crippen molar-refractivity contribution in [2.75, 3.05) is 23.3 Å². The van der Waals surface area contributed by atoms with Crippen LogP contribution in [-0.4, -0.2) is 39.7 Å². The highest BCUT2D eigenvalue weighted by Gasteiger charge is 2.71. The first kappa shape index (κ1) is 16.8. The molecule has 1 amide bonds. The predicted molar refractivity (Wildman–Crippen MR) is 95.3 cm³/mol. The first-order valence-electron chi connectivity index (χ1n) is 8.76. The molecule has 1 saturated carbocycles. The zero-order valence-electron chi connectivity index (χ0n) is 14.5. The minimum atomic E-state index is -2.59. The van der Waals surface area contributed by atoms with Gasteiger partial charge in [-0.25, -0.2) is 18.4 Å². The fraction of sp³-hybridized carbons (Fsp3) is 0.333. The number of amides is 1. The van der Waals surface area contributed by atoms with Crippen molar-refractivity contribution in [3.63, 3.8) is 0 Å². The number of nitrogens with zero attached hydrogens (tertiary/aromatic N) is 4. The van der Waals surface area contributed by atoms with E-state index in [1.54, 1.807) is 23.1 Å². The third kappa shape index (κ3) is 2.72. The van der Waals surface area contributed by atoms with E-state index in [0.717, 1.165) is 4.68 Å². The van der Waals surface area contributed by atoms with Crippen molar-refractivity contribution in [1.82, 2.24) is 14.8 Å². The molecule has 2 fully saturated rings. The lowest BCUT2D eigenvalue weighted by atomic mass is 10.3. The summed E-state index contributed by atoms with van der Waals surface area (Å²) in [5.41, 5.74) is 1.26. The number of benzene rings is 1. The minimum Gasteiger partial charge on any atom is -0.443 e. The summed E-state index contributed by atoms with van der Waals surface area (Å²) in [6, 6.07) is 7.78. The molecule has 2 atom stereocenters. The van der Waals surface area contributed by atoms with Crippen LogP contribution in [0.4, 0.5) is 20.3 Å². The van der Waals surface area contributed by atoms with Gasteiger partial charge in [0.05, 0.1) is 11.8 Å². The Kier molecular flexibility index (Phi) is 3.52. The fourth-order valence-corrected chi connectivity index (χ4v) is 3.69. The van der Waals surface area contributed by atoms with E-state index in [1.165, 1.54) is 18.5 Å². The molecule has 0 bridgehead atoms. The summed E-state index contributed by atoms with van der Waals surface area (Å²) in [7, 11) is 0. The number of carbonyl (C=O) groups excluding carboxylic acids is 1. The Morgan fingerprint density at radius 1 is 1.25 bits per heavy atom. The van der Waals surface area contributed by atoms with E-state index >= 15 is 0 Å². The van der Waals surface area contributed by atoms with Gasteiger partial charge in [-0.15, -0.1) is 0 Å². The standard InChI is InChI=1S/C18H15F2N5O3/c19-18(20)11-6-24(7-12(11)18)15-3-4-17(27)25(23-15)8-16(26)22-10-1-2-14-13(5-10)21-9-28-14/h1-5,9,11-12H,6-8H2,(H,22,26). The zero-order chi connectivity index (χ0) is 19.5. The maximum atomic E-state index is 13.4.